The van der Waals surface area contributed by atoms with E-state index in [1.165, 1.54) is 0 Å². The van der Waals surface area contributed by atoms with E-state index in [0.29, 0.717) is 17.3 Å². The van der Waals surface area contributed by atoms with Crippen LogP contribution in [0.3, 0.4) is 0 Å². The minimum Gasteiger partial charge on any atom is -0.324 e. The molecule has 0 fully saturated rings. The highest BCUT2D eigenvalue weighted by Gasteiger charge is 2.09. The van der Waals surface area contributed by atoms with E-state index in [4.69, 9.17) is 11.6 Å². The summed E-state index contributed by atoms with van der Waals surface area (Å²) < 4.78 is 0. The molecule has 1 heterocycles. The minimum atomic E-state index is -0.0225. The Bertz CT molecular complexity index is 395. The highest BCUT2D eigenvalue weighted by atomic mass is 35.5. The molecule has 5 heteroatoms. The summed E-state index contributed by atoms with van der Waals surface area (Å²) in [5, 5.41) is 6.45. The Kier molecular flexibility index (Phi) is 5.38. The molecular formula is C12H18ClN3O. The number of pyridine rings is 1. The third kappa shape index (κ3) is 4.71. The standard InChI is InChI=1S/C12H18ClN3O/c1-4-14-8(2)7-12(17)16-10-5-6-11(13)15-9(10)3/h5-6,8,14H,4,7H2,1-3H3,(H,16,17). The summed E-state index contributed by atoms with van der Waals surface area (Å²) in [4.78, 5) is 15.8. The maximum Gasteiger partial charge on any atom is 0.225 e. The molecule has 1 rings (SSSR count). The van der Waals surface area contributed by atoms with E-state index in [1.807, 2.05) is 20.8 Å². The molecule has 0 saturated carbocycles. The molecule has 0 aliphatic carbocycles. The maximum absolute atomic E-state index is 11.7. The number of hydrogen-bond acceptors (Lipinski definition) is 3. The Morgan fingerprint density at radius 2 is 2.24 bits per heavy atom. The van der Waals surface area contributed by atoms with Gasteiger partial charge in [0.2, 0.25) is 5.91 Å². The Labute approximate surface area is 107 Å². The minimum absolute atomic E-state index is 0.0225. The second-order valence-corrected chi connectivity index (χ2v) is 4.37. The number of anilines is 1. The summed E-state index contributed by atoms with van der Waals surface area (Å²) in [6, 6.07) is 3.60. The van der Waals surface area contributed by atoms with Crippen molar-refractivity contribution in [1.29, 1.82) is 0 Å². The number of carbonyl (C=O) groups is 1. The molecule has 94 valence electrons. The first kappa shape index (κ1) is 13.9. The Morgan fingerprint density at radius 1 is 1.53 bits per heavy atom. The zero-order valence-corrected chi connectivity index (χ0v) is 11.1. The second-order valence-electron chi connectivity index (χ2n) is 3.98. The number of halogens is 1. The van der Waals surface area contributed by atoms with Crippen LogP contribution < -0.4 is 10.6 Å². The number of aromatic nitrogens is 1. The van der Waals surface area contributed by atoms with Crippen molar-refractivity contribution in [1.82, 2.24) is 10.3 Å². The molecule has 1 amide bonds. The normalized spacial score (nSPS) is 12.2. The molecule has 0 aliphatic heterocycles. The van der Waals surface area contributed by atoms with Gasteiger partial charge in [0, 0.05) is 12.5 Å². The zero-order chi connectivity index (χ0) is 12.8. The first-order valence-electron chi connectivity index (χ1n) is 5.69. The van der Waals surface area contributed by atoms with E-state index < -0.39 is 0 Å². The topological polar surface area (TPSA) is 54.0 Å². The van der Waals surface area contributed by atoms with Gasteiger partial charge in [0.25, 0.3) is 0 Å². The lowest BCUT2D eigenvalue weighted by Crippen LogP contribution is -2.30. The smallest absolute Gasteiger partial charge is 0.225 e. The quantitative estimate of drug-likeness (QED) is 0.795. The van der Waals surface area contributed by atoms with Crippen LogP contribution in [0.1, 0.15) is 26.0 Å². The van der Waals surface area contributed by atoms with Crippen molar-refractivity contribution < 1.29 is 4.79 Å². The Balaban J connectivity index is 2.56. The lowest BCUT2D eigenvalue weighted by Gasteiger charge is -2.13. The fraction of sp³-hybridized carbons (Fsp3) is 0.500. The van der Waals surface area contributed by atoms with Crippen molar-refractivity contribution in [3.05, 3.63) is 23.0 Å². The average molecular weight is 256 g/mol. The summed E-state index contributed by atoms with van der Waals surface area (Å²) in [5.74, 6) is -0.0225. The number of nitrogens with one attached hydrogen (secondary N) is 2. The van der Waals surface area contributed by atoms with Gasteiger partial charge in [-0.2, -0.15) is 0 Å². The molecule has 2 N–H and O–H groups in total. The molecule has 1 aromatic rings. The first-order chi connectivity index (χ1) is 8.02. The molecule has 1 unspecified atom stereocenters. The van der Waals surface area contributed by atoms with E-state index in [2.05, 4.69) is 15.6 Å². The van der Waals surface area contributed by atoms with E-state index in [1.54, 1.807) is 12.1 Å². The van der Waals surface area contributed by atoms with E-state index in [0.717, 1.165) is 12.2 Å². The lowest BCUT2D eigenvalue weighted by atomic mass is 10.2. The molecule has 0 aromatic carbocycles. The Morgan fingerprint density at radius 3 is 2.82 bits per heavy atom. The average Bonchev–Trinajstić information content (AvgIpc) is 2.22. The van der Waals surface area contributed by atoms with Gasteiger partial charge in [0.1, 0.15) is 5.15 Å². The van der Waals surface area contributed by atoms with Crippen LogP contribution in [-0.4, -0.2) is 23.5 Å². The molecule has 0 radical (unpaired) electrons. The monoisotopic (exact) mass is 255 g/mol. The Hall–Kier alpha value is -1.13. The van der Waals surface area contributed by atoms with Gasteiger partial charge in [-0.1, -0.05) is 18.5 Å². The van der Waals surface area contributed by atoms with Crippen LogP contribution in [-0.2, 0) is 4.79 Å². The largest absolute Gasteiger partial charge is 0.324 e. The third-order valence-corrected chi connectivity index (χ3v) is 2.58. The fourth-order valence-corrected chi connectivity index (χ4v) is 1.75. The van der Waals surface area contributed by atoms with E-state index in [-0.39, 0.29) is 11.9 Å². The van der Waals surface area contributed by atoms with Crippen molar-refractivity contribution >= 4 is 23.2 Å². The summed E-state index contributed by atoms with van der Waals surface area (Å²) in [5.41, 5.74) is 1.44. The van der Waals surface area contributed by atoms with Gasteiger partial charge in [0.05, 0.1) is 11.4 Å². The van der Waals surface area contributed by atoms with Gasteiger partial charge in [-0.15, -0.1) is 0 Å². The molecule has 0 saturated heterocycles. The molecule has 1 aromatic heterocycles. The van der Waals surface area contributed by atoms with E-state index in [9.17, 15) is 4.79 Å². The van der Waals surface area contributed by atoms with Crippen molar-refractivity contribution in [3.63, 3.8) is 0 Å². The molecule has 0 aliphatic rings. The first-order valence-corrected chi connectivity index (χ1v) is 6.07. The van der Waals surface area contributed by atoms with Crippen LogP contribution in [0.5, 0.6) is 0 Å². The summed E-state index contributed by atoms with van der Waals surface area (Å²) in [6.45, 7) is 6.67. The lowest BCUT2D eigenvalue weighted by molar-refractivity contribution is -0.116. The van der Waals surface area contributed by atoms with Gasteiger partial charge >= 0.3 is 0 Å². The molecule has 1 atom stereocenters. The van der Waals surface area contributed by atoms with Crippen LogP contribution in [0, 0.1) is 6.92 Å². The van der Waals surface area contributed by atoms with Gasteiger partial charge < -0.3 is 10.6 Å². The number of carbonyl (C=O) groups excluding carboxylic acids is 1. The molecule has 17 heavy (non-hydrogen) atoms. The summed E-state index contributed by atoms with van der Waals surface area (Å²) in [7, 11) is 0. The van der Waals surface area contributed by atoms with Crippen LogP contribution >= 0.6 is 11.6 Å². The van der Waals surface area contributed by atoms with Crippen LogP contribution in [0.25, 0.3) is 0 Å². The van der Waals surface area contributed by atoms with Crippen molar-refractivity contribution in [2.45, 2.75) is 33.2 Å². The van der Waals surface area contributed by atoms with Crippen molar-refractivity contribution in [2.24, 2.45) is 0 Å². The summed E-state index contributed by atoms with van der Waals surface area (Å²) >= 11 is 5.75. The molecular weight excluding hydrogens is 238 g/mol. The molecule has 0 spiro atoms. The predicted octanol–water partition coefficient (Wildman–Crippen LogP) is 2.37. The van der Waals surface area contributed by atoms with Gasteiger partial charge in [0.15, 0.2) is 0 Å². The van der Waals surface area contributed by atoms with Crippen LogP contribution in [0.15, 0.2) is 12.1 Å². The molecule has 0 bridgehead atoms. The number of hydrogen-bond donors (Lipinski definition) is 2. The van der Waals surface area contributed by atoms with Crippen LogP contribution in [0.2, 0.25) is 5.15 Å². The maximum atomic E-state index is 11.7. The zero-order valence-electron chi connectivity index (χ0n) is 10.4. The number of aryl methyl sites for hydroxylation is 1. The van der Waals surface area contributed by atoms with Gasteiger partial charge in [-0.25, -0.2) is 4.98 Å². The summed E-state index contributed by atoms with van der Waals surface area (Å²) in [6.07, 6.45) is 0.440. The number of amides is 1. The second kappa shape index (κ2) is 6.57. The SMILES string of the molecule is CCNC(C)CC(=O)Nc1ccc(Cl)nc1C. The highest BCUT2D eigenvalue weighted by Crippen LogP contribution is 2.15. The van der Waals surface area contributed by atoms with Crippen molar-refractivity contribution in [3.8, 4) is 0 Å². The van der Waals surface area contributed by atoms with Crippen molar-refractivity contribution in [2.75, 3.05) is 11.9 Å². The van der Waals surface area contributed by atoms with Crippen LogP contribution in [0.4, 0.5) is 5.69 Å². The highest BCUT2D eigenvalue weighted by molar-refractivity contribution is 6.29. The van der Waals surface area contributed by atoms with Gasteiger partial charge in [-0.05, 0) is 32.5 Å². The predicted molar refractivity (Wildman–Crippen MR) is 70.4 cm³/mol. The number of rotatable bonds is 5. The number of nitrogens with zero attached hydrogens (tertiary/aromatic N) is 1. The van der Waals surface area contributed by atoms with E-state index >= 15 is 0 Å². The third-order valence-electron chi connectivity index (χ3n) is 2.37. The molecule has 4 nitrogen and oxygen atoms in total. The fourth-order valence-electron chi connectivity index (χ4n) is 1.56. The van der Waals surface area contributed by atoms with Gasteiger partial charge in [-0.3, -0.25) is 4.79 Å².